The Morgan fingerprint density at radius 3 is 2.73 bits per heavy atom. The Kier molecular flexibility index (Phi) is 3.09. The lowest BCUT2D eigenvalue weighted by molar-refractivity contribution is -0.0146. The highest BCUT2D eigenvalue weighted by Crippen LogP contribution is 2.34. The molecule has 1 aliphatic rings. The minimum atomic E-state index is -0.326. The van der Waals surface area contributed by atoms with Crippen molar-refractivity contribution in [2.45, 2.75) is 32.0 Å². The molecule has 0 amide bonds. The molecule has 1 aliphatic carbocycles. The molecule has 0 spiro atoms. The van der Waals surface area contributed by atoms with Crippen molar-refractivity contribution in [3.8, 4) is 0 Å². The Labute approximate surface area is 67.9 Å². The van der Waals surface area contributed by atoms with Crippen molar-refractivity contribution >= 4 is 0 Å². The van der Waals surface area contributed by atoms with Gasteiger partial charge in [-0.15, -0.1) is 6.58 Å². The summed E-state index contributed by atoms with van der Waals surface area (Å²) >= 11 is 0. The summed E-state index contributed by atoms with van der Waals surface area (Å²) < 4.78 is 5.29. The van der Waals surface area contributed by atoms with Gasteiger partial charge in [-0.2, -0.15) is 0 Å². The second-order valence-corrected chi connectivity index (χ2v) is 2.98. The molecular weight excluding hydrogens is 140 g/mol. The van der Waals surface area contributed by atoms with Crippen molar-refractivity contribution in [1.82, 2.24) is 0 Å². The molecule has 0 aromatic rings. The van der Waals surface area contributed by atoms with Gasteiger partial charge in [-0.1, -0.05) is 6.08 Å². The van der Waals surface area contributed by atoms with Gasteiger partial charge in [0.15, 0.2) is 0 Å². The van der Waals surface area contributed by atoms with E-state index in [1.807, 2.05) is 6.92 Å². The third-order valence-corrected chi connectivity index (χ3v) is 2.03. The number of ether oxygens (including phenoxy) is 1. The summed E-state index contributed by atoms with van der Waals surface area (Å²) in [6, 6.07) is 0. The first-order chi connectivity index (χ1) is 5.29. The second kappa shape index (κ2) is 3.88. The zero-order chi connectivity index (χ0) is 8.27. The number of aliphatic hydroxyl groups is 1. The summed E-state index contributed by atoms with van der Waals surface area (Å²) in [5, 5.41) is 9.58. The van der Waals surface area contributed by atoms with Gasteiger partial charge in [-0.3, -0.25) is 0 Å². The third kappa shape index (κ3) is 2.31. The summed E-state index contributed by atoms with van der Waals surface area (Å²) in [5.41, 5.74) is 0. The summed E-state index contributed by atoms with van der Waals surface area (Å²) in [7, 11) is 0. The van der Waals surface area contributed by atoms with Crippen LogP contribution >= 0.6 is 0 Å². The topological polar surface area (TPSA) is 29.5 Å². The van der Waals surface area contributed by atoms with Crippen LogP contribution in [0, 0.1) is 5.92 Å². The van der Waals surface area contributed by atoms with Gasteiger partial charge in [0.1, 0.15) is 6.10 Å². The fourth-order valence-corrected chi connectivity index (χ4v) is 1.20. The molecule has 64 valence electrons. The minimum Gasteiger partial charge on any atom is -0.390 e. The molecule has 0 aliphatic heterocycles. The van der Waals surface area contributed by atoms with E-state index in [9.17, 15) is 5.11 Å². The molecule has 1 N–H and O–H groups in total. The molecule has 2 unspecified atom stereocenters. The highest BCUT2D eigenvalue weighted by atomic mass is 16.5. The first kappa shape index (κ1) is 8.75. The van der Waals surface area contributed by atoms with Crippen molar-refractivity contribution in [3.63, 3.8) is 0 Å². The van der Waals surface area contributed by atoms with Crippen molar-refractivity contribution in [2.24, 2.45) is 5.92 Å². The summed E-state index contributed by atoms with van der Waals surface area (Å²) in [6.45, 7) is 6.19. The van der Waals surface area contributed by atoms with Gasteiger partial charge in [0.2, 0.25) is 0 Å². The number of rotatable bonds is 5. The van der Waals surface area contributed by atoms with E-state index >= 15 is 0 Å². The average molecular weight is 156 g/mol. The lowest BCUT2D eigenvalue weighted by atomic mass is 10.1. The van der Waals surface area contributed by atoms with Gasteiger partial charge in [-0.05, 0) is 25.7 Å². The first-order valence-electron chi connectivity index (χ1n) is 4.21. The molecule has 1 saturated carbocycles. The van der Waals surface area contributed by atoms with Crippen molar-refractivity contribution in [2.75, 3.05) is 6.61 Å². The maximum Gasteiger partial charge on any atom is 0.101 e. The Bertz CT molecular complexity index is 130. The van der Waals surface area contributed by atoms with Gasteiger partial charge in [0.05, 0.1) is 6.10 Å². The normalized spacial score (nSPS) is 22.7. The molecule has 0 aromatic carbocycles. The molecule has 2 heteroatoms. The third-order valence-electron chi connectivity index (χ3n) is 2.03. The number of hydrogen-bond acceptors (Lipinski definition) is 2. The Balaban J connectivity index is 2.32. The van der Waals surface area contributed by atoms with Gasteiger partial charge in [0, 0.05) is 6.61 Å². The van der Waals surface area contributed by atoms with E-state index in [4.69, 9.17) is 4.74 Å². The fraction of sp³-hybridized carbons (Fsp3) is 0.778. The van der Waals surface area contributed by atoms with Gasteiger partial charge in [0.25, 0.3) is 0 Å². The fourth-order valence-electron chi connectivity index (χ4n) is 1.20. The van der Waals surface area contributed by atoms with Crippen LogP contribution in [-0.4, -0.2) is 23.9 Å². The molecule has 0 bridgehead atoms. The van der Waals surface area contributed by atoms with Crippen LogP contribution in [0.15, 0.2) is 12.7 Å². The molecule has 11 heavy (non-hydrogen) atoms. The van der Waals surface area contributed by atoms with E-state index in [-0.39, 0.29) is 12.2 Å². The van der Waals surface area contributed by atoms with Crippen molar-refractivity contribution < 1.29 is 9.84 Å². The van der Waals surface area contributed by atoms with Crippen LogP contribution in [0.4, 0.5) is 0 Å². The highest BCUT2D eigenvalue weighted by molar-refractivity contribution is 4.94. The second-order valence-electron chi connectivity index (χ2n) is 2.98. The van der Waals surface area contributed by atoms with Gasteiger partial charge < -0.3 is 9.84 Å². The van der Waals surface area contributed by atoms with E-state index in [1.165, 1.54) is 0 Å². The maximum atomic E-state index is 9.58. The monoisotopic (exact) mass is 156 g/mol. The van der Waals surface area contributed by atoms with Crippen LogP contribution in [0.5, 0.6) is 0 Å². The van der Waals surface area contributed by atoms with Crippen LogP contribution in [0.2, 0.25) is 0 Å². The number of aliphatic hydroxyl groups excluding tert-OH is 1. The smallest absolute Gasteiger partial charge is 0.101 e. The van der Waals surface area contributed by atoms with Crippen LogP contribution in [0.3, 0.4) is 0 Å². The van der Waals surface area contributed by atoms with Crippen molar-refractivity contribution in [3.05, 3.63) is 12.7 Å². The molecule has 0 heterocycles. The maximum absolute atomic E-state index is 9.58. The van der Waals surface area contributed by atoms with Crippen molar-refractivity contribution in [1.29, 1.82) is 0 Å². The molecule has 1 fully saturated rings. The summed E-state index contributed by atoms with van der Waals surface area (Å²) in [6.07, 6.45) is 3.48. The molecule has 0 saturated heterocycles. The van der Waals surface area contributed by atoms with E-state index < -0.39 is 0 Å². The van der Waals surface area contributed by atoms with E-state index in [1.54, 1.807) is 6.08 Å². The zero-order valence-electron chi connectivity index (χ0n) is 6.99. The largest absolute Gasteiger partial charge is 0.390 e. The zero-order valence-corrected chi connectivity index (χ0v) is 6.99. The average Bonchev–Trinajstić information content (AvgIpc) is 2.81. The van der Waals surface area contributed by atoms with E-state index in [0.717, 1.165) is 12.8 Å². The minimum absolute atomic E-state index is 0.160. The van der Waals surface area contributed by atoms with Gasteiger partial charge in [-0.25, -0.2) is 0 Å². The molecular formula is C9H16O2. The van der Waals surface area contributed by atoms with Gasteiger partial charge >= 0.3 is 0 Å². The van der Waals surface area contributed by atoms with Crippen LogP contribution in [-0.2, 0) is 4.74 Å². The molecule has 2 atom stereocenters. The molecule has 2 nitrogen and oxygen atoms in total. The molecule has 1 rings (SSSR count). The Morgan fingerprint density at radius 1 is 1.73 bits per heavy atom. The SMILES string of the molecule is C=CC(OCC)C(O)C1CC1. The lowest BCUT2D eigenvalue weighted by Crippen LogP contribution is -2.28. The van der Waals surface area contributed by atoms with Crippen LogP contribution in [0.1, 0.15) is 19.8 Å². The summed E-state index contributed by atoms with van der Waals surface area (Å²) in [4.78, 5) is 0. The standard InChI is InChI=1S/C9H16O2/c1-3-8(11-4-2)9(10)7-5-6-7/h3,7-10H,1,4-6H2,2H3. The Hall–Kier alpha value is -0.340. The highest BCUT2D eigenvalue weighted by Gasteiger charge is 2.34. The summed E-state index contributed by atoms with van der Waals surface area (Å²) in [5.74, 6) is 0.463. The van der Waals surface area contributed by atoms with Crippen LogP contribution < -0.4 is 0 Å². The first-order valence-corrected chi connectivity index (χ1v) is 4.21. The Morgan fingerprint density at radius 2 is 2.36 bits per heavy atom. The lowest BCUT2D eigenvalue weighted by Gasteiger charge is -2.18. The van der Waals surface area contributed by atoms with Crippen LogP contribution in [0.25, 0.3) is 0 Å². The van der Waals surface area contributed by atoms with E-state index in [2.05, 4.69) is 6.58 Å². The molecule has 0 aromatic heterocycles. The number of hydrogen-bond donors (Lipinski definition) is 1. The quantitative estimate of drug-likeness (QED) is 0.609. The predicted octanol–water partition coefficient (Wildman–Crippen LogP) is 1.35. The predicted molar refractivity (Wildman–Crippen MR) is 44.3 cm³/mol. The van der Waals surface area contributed by atoms with E-state index in [0.29, 0.717) is 12.5 Å². The molecule has 0 radical (unpaired) electrons.